The predicted molar refractivity (Wildman–Crippen MR) is 111 cm³/mol. The number of ether oxygens (including phenoxy) is 1. The van der Waals surface area contributed by atoms with E-state index in [1.165, 1.54) is 10.1 Å². The van der Waals surface area contributed by atoms with Gasteiger partial charge in [-0.2, -0.15) is 0 Å². The van der Waals surface area contributed by atoms with Gasteiger partial charge in [0.05, 0.1) is 35.0 Å². The van der Waals surface area contributed by atoms with E-state index in [9.17, 15) is 9.59 Å². The molecule has 1 atom stereocenters. The van der Waals surface area contributed by atoms with Crippen LogP contribution in [0.1, 0.15) is 37.6 Å². The smallest absolute Gasteiger partial charge is 0.331 e. The molecule has 0 saturated carbocycles. The average molecular weight is 381 g/mol. The minimum Gasteiger partial charge on any atom is -0.370 e. The third kappa shape index (κ3) is 2.75. The number of hydrogen-bond acceptors (Lipinski definition) is 3. The van der Waals surface area contributed by atoms with Crippen molar-refractivity contribution in [2.45, 2.75) is 39.8 Å². The largest absolute Gasteiger partial charge is 0.370 e. The number of rotatable bonds is 3. The van der Waals surface area contributed by atoms with Gasteiger partial charge in [0.25, 0.3) is 5.56 Å². The van der Waals surface area contributed by atoms with E-state index >= 15 is 0 Å². The van der Waals surface area contributed by atoms with Gasteiger partial charge in [-0.25, -0.2) is 4.79 Å². The Kier molecular flexibility index (Phi) is 4.54. The van der Waals surface area contributed by atoms with Gasteiger partial charge in [-0.15, -0.1) is 0 Å². The molecule has 1 aliphatic rings. The quantitative estimate of drug-likeness (QED) is 0.700. The Bertz CT molecular complexity index is 1160. The number of benzene rings is 1. The highest BCUT2D eigenvalue weighted by molar-refractivity contribution is 5.96. The lowest BCUT2D eigenvalue weighted by Gasteiger charge is -2.28. The molecule has 6 nitrogen and oxygen atoms in total. The molecule has 0 spiro atoms. The zero-order valence-corrected chi connectivity index (χ0v) is 17.2. The zero-order valence-electron chi connectivity index (χ0n) is 17.2. The van der Waals surface area contributed by atoms with E-state index in [4.69, 9.17) is 4.74 Å². The van der Waals surface area contributed by atoms with Crippen LogP contribution in [0.2, 0.25) is 0 Å². The van der Waals surface area contributed by atoms with Gasteiger partial charge >= 0.3 is 5.69 Å². The van der Waals surface area contributed by atoms with E-state index in [1.807, 2.05) is 6.92 Å². The van der Waals surface area contributed by atoms with Crippen molar-refractivity contribution >= 4 is 10.9 Å². The van der Waals surface area contributed by atoms with Crippen LogP contribution in [-0.2, 0) is 25.4 Å². The van der Waals surface area contributed by atoms with Gasteiger partial charge in [0.15, 0.2) is 0 Å². The van der Waals surface area contributed by atoms with E-state index in [0.29, 0.717) is 30.0 Å². The first kappa shape index (κ1) is 18.7. The number of aromatic nitrogens is 3. The number of nitrogens with zero attached hydrogens (tertiary/aromatic N) is 3. The summed E-state index contributed by atoms with van der Waals surface area (Å²) in [6.07, 6.45) is 0.712. The van der Waals surface area contributed by atoms with Gasteiger partial charge in [0.1, 0.15) is 0 Å². The third-order valence-corrected chi connectivity index (χ3v) is 5.65. The highest BCUT2D eigenvalue weighted by atomic mass is 16.5. The average Bonchev–Trinajstić information content (AvgIpc) is 3.01. The minimum absolute atomic E-state index is 0.131. The van der Waals surface area contributed by atoms with E-state index in [-0.39, 0.29) is 17.4 Å². The van der Waals surface area contributed by atoms with E-state index in [1.54, 1.807) is 18.7 Å². The van der Waals surface area contributed by atoms with Crippen molar-refractivity contribution in [3.8, 4) is 11.3 Å². The lowest BCUT2D eigenvalue weighted by molar-refractivity contribution is 0.00924. The van der Waals surface area contributed by atoms with Crippen LogP contribution in [0.3, 0.4) is 0 Å². The number of hydrogen-bond donors (Lipinski definition) is 0. The standard InChI is InChI=1S/C22H27N3O3/c1-13(2)12-16-19-20-17(21(26)24(5)22(27)23(20)4)18(25(19)10-11-28-16)15-8-6-14(3)7-9-15/h6-9,13,16H,10-12H2,1-5H3. The summed E-state index contributed by atoms with van der Waals surface area (Å²) in [5.41, 5.74) is 4.13. The van der Waals surface area contributed by atoms with Gasteiger partial charge in [-0.1, -0.05) is 43.7 Å². The fourth-order valence-electron chi connectivity index (χ4n) is 4.28. The predicted octanol–water partition coefficient (Wildman–Crippen LogP) is 3.13. The van der Waals surface area contributed by atoms with Crippen LogP contribution in [-0.4, -0.2) is 20.3 Å². The molecular formula is C22H27N3O3. The highest BCUT2D eigenvalue weighted by Crippen LogP contribution is 2.40. The molecule has 0 amide bonds. The molecule has 0 fully saturated rings. The Hall–Kier alpha value is -2.60. The summed E-state index contributed by atoms with van der Waals surface area (Å²) in [5.74, 6) is 0.438. The van der Waals surface area contributed by atoms with Crippen molar-refractivity contribution in [2.75, 3.05) is 6.61 Å². The first-order chi connectivity index (χ1) is 13.3. The first-order valence-corrected chi connectivity index (χ1v) is 9.82. The Balaban J connectivity index is 2.17. The van der Waals surface area contributed by atoms with Crippen LogP contribution in [0, 0.1) is 12.8 Å². The number of fused-ring (bicyclic) bond motifs is 3. The fraction of sp³-hybridized carbons (Fsp3) is 0.455. The highest BCUT2D eigenvalue weighted by Gasteiger charge is 2.32. The van der Waals surface area contributed by atoms with Crippen molar-refractivity contribution in [2.24, 2.45) is 20.0 Å². The molecule has 1 aromatic carbocycles. The van der Waals surface area contributed by atoms with Crippen molar-refractivity contribution in [1.82, 2.24) is 13.7 Å². The van der Waals surface area contributed by atoms with Crippen LogP contribution < -0.4 is 11.2 Å². The summed E-state index contributed by atoms with van der Waals surface area (Å²) in [5, 5.41) is 0.600. The molecule has 1 unspecified atom stereocenters. The summed E-state index contributed by atoms with van der Waals surface area (Å²) in [7, 11) is 3.28. The molecule has 3 aromatic rings. The van der Waals surface area contributed by atoms with Crippen molar-refractivity contribution in [1.29, 1.82) is 0 Å². The summed E-state index contributed by atoms with van der Waals surface area (Å²) in [6.45, 7) is 7.63. The van der Waals surface area contributed by atoms with E-state index < -0.39 is 0 Å². The van der Waals surface area contributed by atoms with Crippen LogP contribution >= 0.6 is 0 Å². The Morgan fingerprint density at radius 1 is 1.11 bits per heavy atom. The normalized spacial score (nSPS) is 16.7. The van der Waals surface area contributed by atoms with Gasteiger partial charge in [0.2, 0.25) is 0 Å². The molecule has 28 heavy (non-hydrogen) atoms. The molecule has 0 bridgehead atoms. The van der Waals surface area contributed by atoms with Crippen molar-refractivity contribution < 1.29 is 4.74 Å². The van der Waals surface area contributed by atoms with Gasteiger partial charge in [-0.05, 0) is 24.8 Å². The van der Waals surface area contributed by atoms with Gasteiger partial charge in [0, 0.05) is 20.6 Å². The summed E-state index contributed by atoms with van der Waals surface area (Å²) >= 11 is 0. The second-order valence-corrected chi connectivity index (χ2v) is 8.17. The third-order valence-electron chi connectivity index (χ3n) is 5.65. The molecule has 4 rings (SSSR count). The molecule has 0 N–H and O–H groups in total. The Labute approximate surface area is 164 Å². The van der Waals surface area contributed by atoms with Gasteiger partial charge < -0.3 is 9.30 Å². The summed E-state index contributed by atoms with van der Waals surface area (Å²) in [4.78, 5) is 25.9. The minimum atomic E-state index is -0.310. The molecule has 0 aliphatic carbocycles. The fourth-order valence-corrected chi connectivity index (χ4v) is 4.28. The molecule has 0 saturated heterocycles. The van der Waals surface area contributed by atoms with Crippen LogP contribution in [0.5, 0.6) is 0 Å². The Morgan fingerprint density at radius 2 is 1.79 bits per heavy atom. The summed E-state index contributed by atoms with van der Waals surface area (Å²) in [6, 6.07) is 8.21. The molecular weight excluding hydrogens is 354 g/mol. The second-order valence-electron chi connectivity index (χ2n) is 8.17. The molecule has 3 heterocycles. The topological polar surface area (TPSA) is 58.2 Å². The summed E-state index contributed by atoms with van der Waals surface area (Å²) < 4.78 is 11.1. The van der Waals surface area contributed by atoms with E-state index in [0.717, 1.165) is 23.4 Å². The van der Waals surface area contributed by atoms with Crippen molar-refractivity contribution in [3.63, 3.8) is 0 Å². The maximum Gasteiger partial charge on any atom is 0.331 e. The van der Waals surface area contributed by atoms with Crippen LogP contribution in [0.25, 0.3) is 22.2 Å². The molecule has 2 aromatic heterocycles. The van der Waals surface area contributed by atoms with Crippen LogP contribution in [0.4, 0.5) is 0 Å². The molecule has 148 valence electrons. The monoisotopic (exact) mass is 381 g/mol. The second kappa shape index (κ2) is 6.78. The molecule has 0 radical (unpaired) electrons. The Morgan fingerprint density at radius 3 is 2.43 bits per heavy atom. The zero-order chi connectivity index (χ0) is 20.2. The lowest BCUT2D eigenvalue weighted by Crippen LogP contribution is -2.37. The maximum atomic E-state index is 13.2. The van der Waals surface area contributed by atoms with E-state index in [2.05, 4.69) is 42.7 Å². The van der Waals surface area contributed by atoms with Crippen molar-refractivity contribution in [3.05, 3.63) is 56.4 Å². The molecule has 1 aliphatic heterocycles. The number of aryl methyl sites for hydroxylation is 2. The molecule has 6 heteroatoms. The lowest BCUT2D eigenvalue weighted by atomic mass is 10.0. The van der Waals surface area contributed by atoms with Gasteiger partial charge in [-0.3, -0.25) is 13.9 Å². The van der Waals surface area contributed by atoms with Crippen LogP contribution in [0.15, 0.2) is 33.9 Å². The first-order valence-electron chi connectivity index (χ1n) is 9.82. The SMILES string of the molecule is Cc1ccc(-c2c3c(=O)n(C)c(=O)n(C)c3c3n2CCOC3CC(C)C)cc1. The maximum absolute atomic E-state index is 13.2.